The Kier molecular flexibility index (Phi) is 2.56. The zero-order valence-electron chi connectivity index (χ0n) is 9.62. The summed E-state index contributed by atoms with van der Waals surface area (Å²) in [5.74, 6) is 0.741. The summed E-state index contributed by atoms with van der Waals surface area (Å²) in [5, 5.41) is 12.9. The average Bonchev–Trinajstić information content (AvgIpc) is 2.92. The minimum atomic E-state index is -1.10. The molecule has 18 heavy (non-hydrogen) atoms. The number of halogens is 1. The molecular formula is C13H11FN4. The van der Waals surface area contributed by atoms with E-state index in [-0.39, 0.29) is 12.5 Å². The van der Waals surface area contributed by atoms with Gasteiger partial charge in [-0.3, -0.25) is 0 Å². The molecule has 2 aromatic rings. The standard InChI is InChI=1S/C13H11FN4/c14-10-8-11(9-4-2-1-3-5-9)18-13(10)16-12(17-18)6-7-15/h1-5,10-11H,6,8H2/t10-,11-/m0/s1. The van der Waals surface area contributed by atoms with E-state index < -0.39 is 6.17 Å². The monoisotopic (exact) mass is 242 g/mol. The van der Waals surface area contributed by atoms with E-state index in [0.717, 1.165) is 5.56 Å². The van der Waals surface area contributed by atoms with Crippen molar-refractivity contribution < 1.29 is 4.39 Å². The van der Waals surface area contributed by atoms with E-state index in [1.165, 1.54) is 0 Å². The van der Waals surface area contributed by atoms with E-state index in [1.54, 1.807) is 4.68 Å². The molecule has 0 aliphatic carbocycles. The number of hydrogen-bond acceptors (Lipinski definition) is 3. The minimum Gasteiger partial charge on any atom is -0.239 e. The second kappa shape index (κ2) is 4.22. The highest BCUT2D eigenvalue weighted by Crippen LogP contribution is 2.39. The third kappa shape index (κ3) is 1.66. The zero-order valence-corrected chi connectivity index (χ0v) is 9.62. The molecule has 1 aliphatic heterocycles. The fraction of sp³-hybridized carbons (Fsp3) is 0.308. The largest absolute Gasteiger partial charge is 0.239 e. The van der Waals surface area contributed by atoms with Gasteiger partial charge in [-0.15, -0.1) is 0 Å². The van der Waals surface area contributed by atoms with E-state index in [1.807, 2.05) is 36.4 Å². The molecule has 4 nitrogen and oxygen atoms in total. The van der Waals surface area contributed by atoms with Crippen LogP contribution in [0.1, 0.15) is 35.8 Å². The van der Waals surface area contributed by atoms with Crippen molar-refractivity contribution in [2.24, 2.45) is 0 Å². The van der Waals surface area contributed by atoms with Crippen LogP contribution >= 0.6 is 0 Å². The fourth-order valence-corrected chi connectivity index (χ4v) is 2.32. The van der Waals surface area contributed by atoms with E-state index in [0.29, 0.717) is 18.1 Å². The van der Waals surface area contributed by atoms with Crippen LogP contribution in [0.2, 0.25) is 0 Å². The quantitative estimate of drug-likeness (QED) is 0.812. The number of aromatic nitrogens is 3. The molecule has 1 aliphatic rings. The number of nitrogens with zero attached hydrogens (tertiary/aromatic N) is 4. The molecule has 0 amide bonds. The van der Waals surface area contributed by atoms with Crippen molar-refractivity contribution in [1.29, 1.82) is 5.26 Å². The highest BCUT2D eigenvalue weighted by molar-refractivity contribution is 5.23. The molecule has 0 saturated carbocycles. The van der Waals surface area contributed by atoms with Crippen LogP contribution in [0.25, 0.3) is 0 Å². The van der Waals surface area contributed by atoms with Crippen molar-refractivity contribution >= 4 is 0 Å². The lowest BCUT2D eigenvalue weighted by atomic mass is 10.0. The van der Waals surface area contributed by atoms with Gasteiger partial charge >= 0.3 is 0 Å². The molecule has 0 fully saturated rings. The SMILES string of the molecule is N#CCc1nc2n(n1)[C@H](c1ccccc1)C[C@@H]2F. The summed E-state index contributed by atoms with van der Waals surface area (Å²) in [5.41, 5.74) is 1.02. The van der Waals surface area contributed by atoms with Crippen molar-refractivity contribution in [2.75, 3.05) is 0 Å². The molecule has 0 radical (unpaired) electrons. The predicted molar refractivity (Wildman–Crippen MR) is 62.4 cm³/mol. The molecule has 2 atom stereocenters. The van der Waals surface area contributed by atoms with E-state index in [4.69, 9.17) is 5.26 Å². The maximum absolute atomic E-state index is 13.9. The average molecular weight is 242 g/mol. The lowest BCUT2D eigenvalue weighted by molar-refractivity contribution is 0.328. The lowest BCUT2D eigenvalue weighted by Gasteiger charge is -2.11. The molecule has 5 heteroatoms. The third-order valence-corrected chi connectivity index (χ3v) is 3.13. The Morgan fingerprint density at radius 1 is 1.39 bits per heavy atom. The Hall–Kier alpha value is -2.22. The molecule has 0 bridgehead atoms. The van der Waals surface area contributed by atoms with Crippen LogP contribution in [0.5, 0.6) is 0 Å². The van der Waals surface area contributed by atoms with Gasteiger partial charge in [-0.05, 0) is 5.56 Å². The van der Waals surface area contributed by atoms with E-state index in [2.05, 4.69) is 10.1 Å². The Morgan fingerprint density at radius 2 is 2.17 bits per heavy atom. The van der Waals surface area contributed by atoms with Crippen LogP contribution in [-0.2, 0) is 6.42 Å². The Balaban J connectivity index is 2.01. The Morgan fingerprint density at radius 3 is 2.89 bits per heavy atom. The van der Waals surface area contributed by atoms with Crippen LogP contribution in [0.15, 0.2) is 30.3 Å². The Labute approximate surface area is 104 Å². The number of alkyl halides is 1. The predicted octanol–water partition coefficient (Wildman–Crippen LogP) is 2.35. The number of benzene rings is 1. The number of nitriles is 1. The molecule has 2 heterocycles. The van der Waals surface area contributed by atoms with Crippen molar-refractivity contribution in [1.82, 2.24) is 14.8 Å². The molecule has 1 aromatic heterocycles. The van der Waals surface area contributed by atoms with Crippen LogP contribution in [-0.4, -0.2) is 14.8 Å². The molecule has 3 rings (SSSR count). The third-order valence-electron chi connectivity index (χ3n) is 3.13. The molecular weight excluding hydrogens is 231 g/mol. The smallest absolute Gasteiger partial charge is 0.165 e. The van der Waals surface area contributed by atoms with Gasteiger partial charge in [0.05, 0.1) is 18.5 Å². The second-order valence-corrected chi connectivity index (χ2v) is 4.30. The van der Waals surface area contributed by atoms with Gasteiger partial charge in [-0.2, -0.15) is 10.4 Å². The van der Waals surface area contributed by atoms with Crippen LogP contribution in [0.3, 0.4) is 0 Å². The maximum atomic E-state index is 13.9. The highest BCUT2D eigenvalue weighted by Gasteiger charge is 2.35. The summed E-state index contributed by atoms with van der Waals surface area (Å²) in [6.45, 7) is 0. The van der Waals surface area contributed by atoms with Gasteiger partial charge in [0, 0.05) is 6.42 Å². The summed E-state index contributed by atoms with van der Waals surface area (Å²) in [7, 11) is 0. The minimum absolute atomic E-state index is 0.115. The zero-order chi connectivity index (χ0) is 12.5. The van der Waals surface area contributed by atoms with Crippen LogP contribution in [0, 0.1) is 11.3 Å². The molecule has 0 unspecified atom stereocenters. The van der Waals surface area contributed by atoms with Gasteiger partial charge in [0.15, 0.2) is 17.8 Å². The van der Waals surface area contributed by atoms with Crippen molar-refractivity contribution in [3.05, 3.63) is 47.5 Å². The van der Waals surface area contributed by atoms with Gasteiger partial charge in [0.25, 0.3) is 0 Å². The van der Waals surface area contributed by atoms with Gasteiger partial charge in [0.2, 0.25) is 0 Å². The summed E-state index contributed by atoms with van der Waals surface area (Å²) >= 11 is 0. The Bertz CT molecular complexity index is 599. The second-order valence-electron chi connectivity index (χ2n) is 4.30. The lowest BCUT2D eigenvalue weighted by Crippen LogP contribution is -2.07. The maximum Gasteiger partial charge on any atom is 0.165 e. The van der Waals surface area contributed by atoms with Gasteiger partial charge in [0.1, 0.15) is 0 Å². The molecule has 1 aromatic carbocycles. The number of hydrogen-bond donors (Lipinski definition) is 0. The summed E-state index contributed by atoms with van der Waals surface area (Å²) in [6.07, 6.45) is -0.615. The van der Waals surface area contributed by atoms with Crippen LogP contribution < -0.4 is 0 Å². The number of fused-ring (bicyclic) bond motifs is 1. The topological polar surface area (TPSA) is 54.5 Å². The van der Waals surface area contributed by atoms with Gasteiger partial charge < -0.3 is 0 Å². The van der Waals surface area contributed by atoms with Gasteiger partial charge in [-0.1, -0.05) is 30.3 Å². The van der Waals surface area contributed by atoms with E-state index >= 15 is 0 Å². The van der Waals surface area contributed by atoms with Crippen molar-refractivity contribution in [2.45, 2.75) is 25.1 Å². The van der Waals surface area contributed by atoms with E-state index in [9.17, 15) is 4.39 Å². The first-order chi connectivity index (χ1) is 8.79. The van der Waals surface area contributed by atoms with Crippen molar-refractivity contribution in [3.8, 4) is 6.07 Å². The summed E-state index contributed by atoms with van der Waals surface area (Å²) in [6, 6.07) is 11.6. The summed E-state index contributed by atoms with van der Waals surface area (Å²) < 4.78 is 15.5. The molecule has 90 valence electrons. The van der Waals surface area contributed by atoms with Crippen molar-refractivity contribution in [3.63, 3.8) is 0 Å². The fourth-order valence-electron chi connectivity index (χ4n) is 2.32. The normalized spacial score (nSPS) is 21.6. The molecule has 0 spiro atoms. The first-order valence-electron chi connectivity index (χ1n) is 5.81. The first-order valence-corrected chi connectivity index (χ1v) is 5.81. The molecule has 0 saturated heterocycles. The van der Waals surface area contributed by atoms with Crippen LogP contribution in [0.4, 0.5) is 4.39 Å². The number of rotatable bonds is 2. The highest BCUT2D eigenvalue weighted by atomic mass is 19.1. The summed E-state index contributed by atoms with van der Waals surface area (Å²) in [4.78, 5) is 4.09. The first kappa shape index (κ1) is 10.9. The van der Waals surface area contributed by atoms with Gasteiger partial charge in [-0.25, -0.2) is 14.1 Å². The molecule has 0 N–H and O–H groups in total.